The average molecular weight is 425 g/mol. The molecule has 2 rings (SSSR count). The average Bonchev–Trinajstić information content (AvgIpc) is 2.68. The lowest BCUT2D eigenvalue weighted by Crippen LogP contribution is -2.08. The predicted octanol–water partition coefficient (Wildman–Crippen LogP) is 3.70. The first-order valence-corrected chi connectivity index (χ1v) is 10.3. The van der Waals surface area contributed by atoms with E-state index in [1.165, 1.54) is 0 Å². The largest absolute Gasteiger partial charge is 0.234 e. The van der Waals surface area contributed by atoms with Crippen molar-refractivity contribution in [2.75, 3.05) is 0 Å². The van der Waals surface area contributed by atoms with Crippen molar-refractivity contribution in [3.05, 3.63) is 59.7 Å². The Bertz CT molecular complexity index is 820. The molecule has 0 saturated carbocycles. The van der Waals surface area contributed by atoms with Crippen molar-refractivity contribution in [1.29, 1.82) is 0 Å². The second-order valence-corrected chi connectivity index (χ2v) is 7.89. The Balaban J connectivity index is 1.80. The summed E-state index contributed by atoms with van der Waals surface area (Å²) in [6, 6.07) is 13.9. The van der Waals surface area contributed by atoms with E-state index in [2.05, 4.69) is 20.3 Å². The summed E-state index contributed by atoms with van der Waals surface area (Å²) in [6.45, 7) is 6.97. The van der Waals surface area contributed by atoms with Gasteiger partial charge in [0, 0.05) is 0 Å². The normalized spacial score (nSPS) is 14.4. The maximum absolute atomic E-state index is 11.9. The highest BCUT2D eigenvalue weighted by molar-refractivity contribution is 7.80. The van der Waals surface area contributed by atoms with Gasteiger partial charge in [-0.2, -0.15) is 0 Å². The van der Waals surface area contributed by atoms with Crippen LogP contribution < -0.4 is 0 Å². The third kappa shape index (κ3) is 6.97. The number of rotatable bonds is 9. The van der Waals surface area contributed by atoms with E-state index in [0.717, 1.165) is 11.1 Å². The molecule has 0 aromatic heterocycles. The molecule has 2 unspecified atom stereocenters. The van der Waals surface area contributed by atoms with Crippen LogP contribution in [0.2, 0.25) is 0 Å². The minimum Gasteiger partial charge on any atom is -0.220 e. The Morgan fingerprint density at radius 1 is 0.679 bits per heavy atom. The van der Waals surface area contributed by atoms with Crippen LogP contribution in [0.1, 0.15) is 25.0 Å². The van der Waals surface area contributed by atoms with Gasteiger partial charge in [-0.1, -0.05) is 44.1 Å². The van der Waals surface area contributed by atoms with Gasteiger partial charge in [0.1, 0.15) is 11.4 Å². The van der Waals surface area contributed by atoms with Crippen LogP contribution >= 0.6 is 0 Å². The Morgan fingerprint density at radius 3 is 1.32 bits per heavy atom. The summed E-state index contributed by atoms with van der Waals surface area (Å²) in [5.41, 5.74) is 2.64. The van der Waals surface area contributed by atoms with Gasteiger partial charge in [-0.25, -0.2) is 18.4 Å². The third-order valence-electron chi connectivity index (χ3n) is 3.48. The minimum absolute atomic E-state index is 0.283. The molecule has 150 valence electrons. The molecule has 2 aromatic carbocycles. The van der Waals surface area contributed by atoms with Gasteiger partial charge in [-0.15, -0.1) is 0 Å². The maximum atomic E-state index is 11.9. The third-order valence-corrected chi connectivity index (χ3v) is 5.17. The Kier molecular flexibility index (Phi) is 8.45. The number of aryl methyl sites for hydroxylation is 2. The van der Waals surface area contributed by atoms with Crippen molar-refractivity contribution in [1.82, 2.24) is 0 Å². The van der Waals surface area contributed by atoms with Gasteiger partial charge < -0.3 is 0 Å². The van der Waals surface area contributed by atoms with Gasteiger partial charge in [0.15, 0.2) is 0 Å². The molecule has 0 saturated heterocycles. The molecule has 0 N–H and O–H groups in total. The molecule has 0 aliphatic heterocycles. The van der Waals surface area contributed by atoms with E-state index < -0.39 is 22.2 Å². The quantitative estimate of drug-likeness (QED) is 0.346. The van der Waals surface area contributed by atoms with Crippen LogP contribution in [-0.2, 0) is 40.8 Å². The van der Waals surface area contributed by atoms with Crippen LogP contribution in [0.4, 0.5) is 0 Å². The van der Waals surface area contributed by atoms with Gasteiger partial charge in [0.05, 0.1) is 9.79 Å². The maximum Gasteiger partial charge on any atom is 0.234 e. The van der Waals surface area contributed by atoms with Crippen molar-refractivity contribution in [2.24, 2.45) is 10.3 Å². The molecule has 0 radical (unpaired) electrons. The second-order valence-electron chi connectivity index (χ2n) is 5.73. The van der Waals surface area contributed by atoms with Crippen LogP contribution in [0.3, 0.4) is 0 Å². The highest BCUT2D eigenvalue weighted by Crippen LogP contribution is 2.11. The van der Waals surface area contributed by atoms with Crippen molar-refractivity contribution in [2.45, 2.75) is 37.5 Å². The molecule has 0 aliphatic rings. The van der Waals surface area contributed by atoms with Crippen LogP contribution in [0, 0.1) is 13.8 Å². The van der Waals surface area contributed by atoms with E-state index in [1.54, 1.807) is 62.4 Å². The van der Waals surface area contributed by atoms with Crippen LogP contribution in [0.15, 0.2) is 68.6 Å². The Hall–Kier alpha value is -2.40. The highest BCUT2D eigenvalue weighted by atomic mass is 32.2. The van der Waals surface area contributed by atoms with E-state index >= 15 is 0 Å². The summed E-state index contributed by atoms with van der Waals surface area (Å²) in [5, 5.41) is 7.26. The van der Waals surface area contributed by atoms with Crippen LogP contribution in [-0.4, -0.2) is 19.8 Å². The lowest BCUT2D eigenvalue weighted by Gasteiger charge is -2.02. The molecular weight excluding hydrogens is 404 g/mol. The second kappa shape index (κ2) is 10.8. The molecule has 10 heteroatoms. The van der Waals surface area contributed by atoms with Crippen LogP contribution in [0.5, 0.6) is 0 Å². The topological polar surface area (TPSA) is 95.8 Å². The molecule has 0 spiro atoms. The molecule has 2 atom stereocenters. The first-order chi connectivity index (χ1) is 13.4. The lowest BCUT2D eigenvalue weighted by molar-refractivity contribution is -0.198. The van der Waals surface area contributed by atoms with Gasteiger partial charge in [-0.3, -0.25) is 0 Å². The van der Waals surface area contributed by atoms with Gasteiger partial charge >= 0.3 is 0 Å². The van der Waals surface area contributed by atoms with Crippen molar-refractivity contribution in [3.8, 4) is 0 Å². The van der Waals surface area contributed by atoms with Gasteiger partial charge in [0.2, 0.25) is 22.2 Å². The molecular formula is C18H20N2O6S2. The zero-order valence-corrected chi connectivity index (χ0v) is 17.4. The first kappa shape index (κ1) is 21.9. The van der Waals surface area contributed by atoms with E-state index in [-0.39, 0.29) is 11.4 Å². The molecule has 8 nitrogen and oxygen atoms in total. The Morgan fingerprint density at radius 2 is 1.00 bits per heavy atom. The summed E-state index contributed by atoms with van der Waals surface area (Å²) in [4.78, 5) is 10.1. The zero-order valence-electron chi connectivity index (χ0n) is 15.8. The summed E-state index contributed by atoms with van der Waals surface area (Å²) in [7, 11) is 0. The predicted molar refractivity (Wildman–Crippen MR) is 106 cm³/mol. The molecule has 0 amide bonds. The summed E-state index contributed by atoms with van der Waals surface area (Å²) in [5.74, 6) is 0. The SMILES string of the molecule is CC(=NOOS(=O)c1ccc(C)cc1)C(C)=NOOS(=O)c1ccc(C)cc1. The summed E-state index contributed by atoms with van der Waals surface area (Å²) < 4.78 is 33.2. The number of hydrogen-bond donors (Lipinski definition) is 0. The fourth-order valence-corrected chi connectivity index (χ4v) is 2.75. The zero-order chi connectivity index (χ0) is 20.5. The number of benzene rings is 2. The fraction of sp³-hybridized carbons (Fsp3) is 0.222. The standard InChI is InChI=1S/C18H20N2O6S2/c1-13-5-9-17(10-6-13)27(21)25-23-19-15(3)16(4)20-24-26-28(22)18-11-7-14(2)8-12-18/h5-12H,1-4H3. The smallest absolute Gasteiger partial charge is 0.220 e. The Labute approximate surface area is 168 Å². The van der Waals surface area contributed by atoms with Crippen LogP contribution in [0.25, 0.3) is 0 Å². The van der Waals surface area contributed by atoms with Crippen molar-refractivity contribution in [3.63, 3.8) is 0 Å². The molecule has 28 heavy (non-hydrogen) atoms. The molecule has 0 fully saturated rings. The van der Waals surface area contributed by atoms with Crippen molar-refractivity contribution >= 4 is 33.6 Å². The molecule has 0 bridgehead atoms. The number of hydrogen-bond acceptors (Lipinski definition) is 8. The molecule has 0 heterocycles. The van der Waals surface area contributed by atoms with E-state index in [4.69, 9.17) is 8.67 Å². The molecule has 0 aliphatic carbocycles. The van der Waals surface area contributed by atoms with E-state index in [1.807, 2.05) is 13.8 Å². The summed E-state index contributed by atoms with van der Waals surface area (Å²) in [6.07, 6.45) is 0. The van der Waals surface area contributed by atoms with Gasteiger partial charge in [0.25, 0.3) is 0 Å². The fourth-order valence-electron chi connectivity index (χ4n) is 1.71. The first-order valence-electron chi connectivity index (χ1n) is 8.11. The van der Waals surface area contributed by atoms with Crippen molar-refractivity contribution < 1.29 is 27.1 Å². The number of oxime groups is 2. The van der Waals surface area contributed by atoms with Gasteiger partial charge in [-0.05, 0) is 62.3 Å². The van der Waals surface area contributed by atoms with E-state index in [9.17, 15) is 8.42 Å². The highest BCUT2D eigenvalue weighted by Gasteiger charge is 2.08. The van der Waals surface area contributed by atoms with E-state index in [0.29, 0.717) is 9.79 Å². The monoisotopic (exact) mass is 424 g/mol. The number of nitrogens with zero attached hydrogens (tertiary/aromatic N) is 2. The lowest BCUT2D eigenvalue weighted by atomic mass is 10.2. The minimum atomic E-state index is -1.82. The molecule has 2 aromatic rings. The summed E-state index contributed by atoms with van der Waals surface area (Å²) >= 11 is -3.64.